The molecule has 2 aliphatic rings. The third-order valence-corrected chi connectivity index (χ3v) is 8.11. The van der Waals surface area contributed by atoms with Crippen LogP contribution in [0.4, 0.5) is 0 Å². The van der Waals surface area contributed by atoms with Crippen LogP contribution in [0.2, 0.25) is 0 Å². The van der Waals surface area contributed by atoms with E-state index in [1.165, 1.54) is 69.0 Å². The fourth-order valence-corrected chi connectivity index (χ4v) is 6.69. The lowest BCUT2D eigenvalue weighted by atomic mass is 9.70. The summed E-state index contributed by atoms with van der Waals surface area (Å²) in [4.78, 5) is 0. The number of aryl methyl sites for hydroxylation is 1. The normalized spacial score (nSPS) is 19.0. The van der Waals surface area contributed by atoms with E-state index in [0.717, 1.165) is 0 Å². The zero-order valence-electron chi connectivity index (χ0n) is 19.8. The largest absolute Gasteiger partial charge is 0.0622 e. The predicted molar refractivity (Wildman–Crippen MR) is 148 cm³/mol. The number of benzene rings is 5. The zero-order valence-corrected chi connectivity index (χ0v) is 19.8. The third-order valence-electron chi connectivity index (χ3n) is 8.11. The summed E-state index contributed by atoms with van der Waals surface area (Å²) in [6.45, 7) is 0. The molecule has 0 amide bonds. The highest BCUT2D eigenvalue weighted by molar-refractivity contribution is 6.10. The molecule has 35 heavy (non-hydrogen) atoms. The van der Waals surface area contributed by atoms with Gasteiger partial charge in [-0.2, -0.15) is 0 Å². The Hall–Kier alpha value is -3.90. The molecule has 7 rings (SSSR count). The Morgan fingerprint density at radius 3 is 2.14 bits per heavy atom. The van der Waals surface area contributed by atoms with Gasteiger partial charge >= 0.3 is 0 Å². The van der Waals surface area contributed by atoms with Crippen LogP contribution in [0.5, 0.6) is 0 Å². The highest BCUT2D eigenvalue weighted by atomic mass is 14.4. The van der Waals surface area contributed by atoms with Crippen molar-refractivity contribution in [3.8, 4) is 0 Å². The number of fused-ring (bicyclic) bond motifs is 3. The lowest BCUT2D eigenvalue weighted by Gasteiger charge is -2.33. The predicted octanol–water partition coefficient (Wildman–Crippen LogP) is 9.02. The summed E-state index contributed by atoms with van der Waals surface area (Å²) in [6.07, 6.45) is 3.68. The van der Waals surface area contributed by atoms with Crippen molar-refractivity contribution in [2.45, 2.75) is 31.1 Å². The van der Waals surface area contributed by atoms with E-state index in [2.05, 4.69) is 121 Å². The number of rotatable bonds is 3. The van der Waals surface area contributed by atoms with E-state index in [0.29, 0.717) is 11.8 Å². The maximum Gasteiger partial charge on any atom is 0.0177 e. The fraction of sp³-hybridized carbons (Fsp3) is 0.143. The number of hydrogen-bond donors (Lipinski definition) is 0. The summed E-state index contributed by atoms with van der Waals surface area (Å²) in [5, 5.41) is 2.66. The van der Waals surface area contributed by atoms with Gasteiger partial charge in [0.15, 0.2) is 0 Å². The lowest BCUT2D eigenvalue weighted by molar-refractivity contribution is 0.523. The van der Waals surface area contributed by atoms with Gasteiger partial charge in [-0.05, 0) is 80.5 Å². The summed E-state index contributed by atoms with van der Waals surface area (Å²) in [7, 11) is 0. The summed E-state index contributed by atoms with van der Waals surface area (Å²) in [5.41, 5.74) is 11.6. The van der Waals surface area contributed by atoms with Crippen LogP contribution in [-0.4, -0.2) is 0 Å². The molecule has 0 radical (unpaired) electrons. The van der Waals surface area contributed by atoms with Crippen molar-refractivity contribution in [1.82, 2.24) is 0 Å². The van der Waals surface area contributed by atoms with Gasteiger partial charge in [0.25, 0.3) is 0 Å². The molecule has 0 spiro atoms. The SMILES string of the molecule is c1ccc(C2=C(c3cccc4ccccc34)C(C3CCCc4ccccc43)c3ccccc32)cc1. The maximum absolute atomic E-state index is 2.39. The summed E-state index contributed by atoms with van der Waals surface area (Å²) >= 11 is 0. The minimum absolute atomic E-state index is 0.341. The molecule has 0 fully saturated rings. The summed E-state index contributed by atoms with van der Waals surface area (Å²) < 4.78 is 0. The van der Waals surface area contributed by atoms with E-state index in [1.807, 2.05) is 0 Å². The molecule has 0 heterocycles. The molecular weight excluding hydrogens is 420 g/mol. The molecule has 0 aromatic heterocycles. The number of hydrogen-bond acceptors (Lipinski definition) is 0. The molecule has 0 bridgehead atoms. The van der Waals surface area contributed by atoms with Crippen LogP contribution in [0.15, 0.2) is 121 Å². The van der Waals surface area contributed by atoms with Gasteiger partial charge in [0, 0.05) is 5.92 Å². The highest BCUT2D eigenvalue weighted by Gasteiger charge is 2.39. The van der Waals surface area contributed by atoms with Gasteiger partial charge in [-0.25, -0.2) is 0 Å². The Kier molecular flexibility index (Phi) is 4.91. The minimum atomic E-state index is 0.341. The Balaban J connectivity index is 1.57. The van der Waals surface area contributed by atoms with Crippen molar-refractivity contribution in [2.24, 2.45) is 0 Å². The standard InChI is InChI=1S/C35H28/c1-2-14-26(15-3-1)33-31-20-8-9-21-32(31)34(29-22-10-16-24-12-4-6-18-27(24)29)35(33)30-23-11-17-25-13-5-7-19-28(25)30/h1-9,11-15,17-21,23,29,34H,10,16,22H2. The molecule has 0 saturated carbocycles. The molecule has 0 saturated heterocycles. The molecule has 5 aromatic rings. The molecule has 0 heteroatoms. The maximum atomic E-state index is 2.39. The second-order valence-electron chi connectivity index (χ2n) is 9.94. The van der Waals surface area contributed by atoms with Gasteiger partial charge in [-0.1, -0.05) is 121 Å². The third kappa shape index (κ3) is 3.28. The molecule has 0 N–H and O–H groups in total. The zero-order chi connectivity index (χ0) is 23.2. The Morgan fingerprint density at radius 1 is 0.543 bits per heavy atom. The highest BCUT2D eigenvalue weighted by Crippen LogP contribution is 2.57. The van der Waals surface area contributed by atoms with Crippen LogP contribution >= 0.6 is 0 Å². The van der Waals surface area contributed by atoms with Gasteiger partial charge < -0.3 is 0 Å². The van der Waals surface area contributed by atoms with Gasteiger partial charge in [-0.3, -0.25) is 0 Å². The van der Waals surface area contributed by atoms with Crippen molar-refractivity contribution < 1.29 is 0 Å². The van der Waals surface area contributed by atoms with E-state index in [9.17, 15) is 0 Å². The molecule has 5 aromatic carbocycles. The first-order chi connectivity index (χ1) is 17.4. The Labute approximate surface area is 207 Å². The molecule has 0 nitrogen and oxygen atoms in total. The average molecular weight is 449 g/mol. The van der Waals surface area contributed by atoms with E-state index in [4.69, 9.17) is 0 Å². The lowest BCUT2D eigenvalue weighted by Crippen LogP contribution is -2.17. The van der Waals surface area contributed by atoms with Gasteiger partial charge in [-0.15, -0.1) is 0 Å². The first kappa shape index (κ1) is 20.5. The van der Waals surface area contributed by atoms with Crippen molar-refractivity contribution >= 4 is 21.9 Å². The Bertz CT molecular complexity index is 1570. The Morgan fingerprint density at radius 2 is 1.23 bits per heavy atom. The van der Waals surface area contributed by atoms with Crippen LogP contribution in [0.3, 0.4) is 0 Å². The van der Waals surface area contributed by atoms with Crippen molar-refractivity contribution in [3.63, 3.8) is 0 Å². The first-order valence-electron chi connectivity index (χ1n) is 12.8. The van der Waals surface area contributed by atoms with E-state index in [1.54, 1.807) is 5.56 Å². The second kappa shape index (κ2) is 8.40. The molecule has 0 aliphatic heterocycles. The first-order valence-corrected chi connectivity index (χ1v) is 12.8. The molecule has 2 unspecified atom stereocenters. The quantitative estimate of drug-likeness (QED) is 0.258. The van der Waals surface area contributed by atoms with Crippen LogP contribution in [-0.2, 0) is 6.42 Å². The molecule has 168 valence electrons. The van der Waals surface area contributed by atoms with E-state index in [-0.39, 0.29) is 0 Å². The van der Waals surface area contributed by atoms with Crippen molar-refractivity contribution in [1.29, 1.82) is 0 Å². The van der Waals surface area contributed by atoms with Crippen LogP contribution in [0.25, 0.3) is 21.9 Å². The van der Waals surface area contributed by atoms with Crippen molar-refractivity contribution in [3.05, 3.63) is 155 Å². The smallest absolute Gasteiger partial charge is 0.0177 e. The fourth-order valence-electron chi connectivity index (χ4n) is 6.69. The monoisotopic (exact) mass is 448 g/mol. The van der Waals surface area contributed by atoms with Gasteiger partial charge in [0.05, 0.1) is 0 Å². The topological polar surface area (TPSA) is 0 Å². The molecular formula is C35H28. The molecule has 2 aliphatic carbocycles. The molecule has 2 atom stereocenters. The van der Waals surface area contributed by atoms with Gasteiger partial charge in [0.2, 0.25) is 0 Å². The summed E-state index contributed by atoms with van der Waals surface area (Å²) in [6, 6.07) is 45.1. The average Bonchev–Trinajstić information content (AvgIpc) is 3.27. The van der Waals surface area contributed by atoms with E-state index >= 15 is 0 Å². The van der Waals surface area contributed by atoms with E-state index < -0.39 is 0 Å². The second-order valence-corrected chi connectivity index (χ2v) is 9.94. The minimum Gasteiger partial charge on any atom is -0.0622 e. The van der Waals surface area contributed by atoms with Crippen LogP contribution in [0.1, 0.15) is 58.1 Å². The summed E-state index contributed by atoms with van der Waals surface area (Å²) in [5.74, 6) is 0.824. The van der Waals surface area contributed by atoms with Crippen LogP contribution in [0, 0.1) is 0 Å². The van der Waals surface area contributed by atoms with Crippen molar-refractivity contribution in [2.75, 3.05) is 0 Å². The van der Waals surface area contributed by atoms with Crippen LogP contribution < -0.4 is 0 Å². The number of allylic oxidation sites excluding steroid dienone is 1. The van der Waals surface area contributed by atoms with Gasteiger partial charge in [0.1, 0.15) is 0 Å².